The van der Waals surface area contributed by atoms with Crippen LogP contribution in [0.4, 0.5) is 0 Å². The van der Waals surface area contributed by atoms with Gasteiger partial charge in [-0.1, -0.05) is 23.7 Å². The van der Waals surface area contributed by atoms with E-state index in [1.165, 1.54) is 0 Å². The van der Waals surface area contributed by atoms with Gasteiger partial charge in [-0.05, 0) is 54.8 Å². The van der Waals surface area contributed by atoms with Crippen molar-refractivity contribution in [3.63, 3.8) is 0 Å². The Morgan fingerprint density at radius 3 is 2.62 bits per heavy atom. The molecule has 1 saturated heterocycles. The molecule has 0 spiro atoms. The third-order valence-corrected chi connectivity index (χ3v) is 4.87. The first-order valence-corrected chi connectivity index (χ1v) is 8.96. The quantitative estimate of drug-likeness (QED) is 0.713. The van der Waals surface area contributed by atoms with E-state index in [2.05, 4.69) is 0 Å². The lowest BCUT2D eigenvalue weighted by atomic mass is 10.0. The molecule has 136 valence electrons. The molecule has 1 atom stereocenters. The zero-order chi connectivity index (χ0) is 18.5. The molecule has 0 aromatic heterocycles. The number of hydrogen-bond donors (Lipinski definition) is 0. The molecule has 0 N–H and O–H groups in total. The van der Waals surface area contributed by atoms with E-state index in [1.54, 1.807) is 20.3 Å². The minimum absolute atomic E-state index is 0.00711. The molecule has 0 aliphatic carbocycles. The average Bonchev–Trinajstić information content (AvgIpc) is 3.16. The molecule has 0 radical (unpaired) electrons. The van der Waals surface area contributed by atoms with Crippen LogP contribution >= 0.6 is 11.6 Å². The second-order valence-electron chi connectivity index (χ2n) is 6.18. The highest BCUT2D eigenvalue weighted by Crippen LogP contribution is 2.39. The van der Waals surface area contributed by atoms with Crippen LogP contribution in [0.1, 0.15) is 30.0 Å². The van der Waals surface area contributed by atoms with Crippen LogP contribution in [0, 0.1) is 0 Å². The van der Waals surface area contributed by atoms with Crippen LogP contribution in [-0.4, -0.2) is 31.6 Å². The molecule has 1 amide bonds. The molecule has 0 saturated carbocycles. The first kappa shape index (κ1) is 18.3. The predicted molar refractivity (Wildman–Crippen MR) is 104 cm³/mol. The van der Waals surface area contributed by atoms with Crippen LogP contribution in [0.25, 0.3) is 6.08 Å². The fourth-order valence-corrected chi connectivity index (χ4v) is 3.42. The smallest absolute Gasteiger partial charge is 0.247 e. The number of likely N-dealkylation sites (tertiary alicyclic amines) is 1. The number of benzene rings is 2. The van der Waals surface area contributed by atoms with Crippen LogP contribution in [-0.2, 0) is 4.79 Å². The Bertz CT molecular complexity index is 801. The lowest BCUT2D eigenvalue weighted by Gasteiger charge is -2.25. The molecular weight excluding hydrogens is 350 g/mol. The van der Waals surface area contributed by atoms with Crippen LogP contribution in [0.5, 0.6) is 11.5 Å². The van der Waals surface area contributed by atoms with Crippen molar-refractivity contribution < 1.29 is 14.3 Å². The summed E-state index contributed by atoms with van der Waals surface area (Å²) in [7, 11) is 3.28. The molecule has 5 heteroatoms. The van der Waals surface area contributed by atoms with Crippen molar-refractivity contribution in [3.8, 4) is 11.5 Å². The Kier molecular flexibility index (Phi) is 5.84. The van der Waals surface area contributed by atoms with Crippen molar-refractivity contribution in [2.75, 3.05) is 20.8 Å². The zero-order valence-electron chi connectivity index (χ0n) is 14.9. The van der Waals surface area contributed by atoms with Gasteiger partial charge in [0.2, 0.25) is 5.91 Å². The van der Waals surface area contributed by atoms with E-state index in [0.717, 1.165) is 42.0 Å². The molecule has 0 bridgehead atoms. The first-order chi connectivity index (χ1) is 12.6. The first-order valence-electron chi connectivity index (χ1n) is 8.58. The zero-order valence-corrected chi connectivity index (χ0v) is 15.7. The number of ether oxygens (including phenoxy) is 2. The van der Waals surface area contributed by atoms with Crippen LogP contribution in [0.2, 0.25) is 5.02 Å². The van der Waals surface area contributed by atoms with Gasteiger partial charge in [0, 0.05) is 23.2 Å². The van der Waals surface area contributed by atoms with Crippen molar-refractivity contribution in [1.29, 1.82) is 0 Å². The molecule has 1 unspecified atom stereocenters. The second kappa shape index (κ2) is 8.28. The van der Waals surface area contributed by atoms with Gasteiger partial charge in [-0.15, -0.1) is 0 Å². The molecule has 4 nitrogen and oxygen atoms in total. The Morgan fingerprint density at radius 1 is 1.15 bits per heavy atom. The summed E-state index contributed by atoms with van der Waals surface area (Å²) < 4.78 is 10.8. The van der Waals surface area contributed by atoms with Crippen molar-refractivity contribution in [2.24, 2.45) is 0 Å². The maximum absolute atomic E-state index is 12.8. The topological polar surface area (TPSA) is 38.8 Å². The van der Waals surface area contributed by atoms with E-state index in [4.69, 9.17) is 21.1 Å². The lowest BCUT2D eigenvalue weighted by Crippen LogP contribution is -2.29. The molecule has 2 aromatic carbocycles. The van der Waals surface area contributed by atoms with Crippen molar-refractivity contribution in [3.05, 3.63) is 64.7 Å². The van der Waals surface area contributed by atoms with E-state index < -0.39 is 0 Å². The summed E-state index contributed by atoms with van der Waals surface area (Å²) >= 11 is 5.90. The van der Waals surface area contributed by atoms with Gasteiger partial charge in [0.05, 0.1) is 20.3 Å². The van der Waals surface area contributed by atoms with Crippen molar-refractivity contribution in [2.45, 2.75) is 18.9 Å². The summed E-state index contributed by atoms with van der Waals surface area (Å²) in [4.78, 5) is 14.7. The molecule has 2 aromatic rings. The lowest BCUT2D eigenvalue weighted by molar-refractivity contribution is -0.126. The van der Waals surface area contributed by atoms with Crippen molar-refractivity contribution in [1.82, 2.24) is 4.90 Å². The van der Waals surface area contributed by atoms with E-state index in [0.29, 0.717) is 5.02 Å². The van der Waals surface area contributed by atoms with Gasteiger partial charge in [-0.3, -0.25) is 4.79 Å². The Morgan fingerprint density at radius 2 is 1.92 bits per heavy atom. The van der Waals surface area contributed by atoms with Crippen LogP contribution < -0.4 is 9.47 Å². The molecule has 3 rings (SSSR count). The highest BCUT2D eigenvalue weighted by Gasteiger charge is 2.31. The normalized spacial score (nSPS) is 16.9. The number of halogens is 1. The minimum Gasteiger partial charge on any atom is -0.497 e. The third kappa shape index (κ3) is 4.02. The molecule has 26 heavy (non-hydrogen) atoms. The second-order valence-corrected chi connectivity index (χ2v) is 6.62. The number of carbonyl (C=O) groups is 1. The number of carbonyl (C=O) groups excluding carboxylic acids is 1. The highest BCUT2D eigenvalue weighted by molar-refractivity contribution is 6.30. The predicted octanol–water partition coefficient (Wildman–Crippen LogP) is 4.73. The Balaban J connectivity index is 1.81. The standard InChI is InChI=1S/C21H22ClNO3/c1-25-17-10-11-20(26-2)18(14-17)19-4-3-13-23(19)21(24)12-7-15-5-8-16(22)9-6-15/h5-12,14,19H,3-4,13H2,1-2H3/b12-7+. The van der Waals surface area contributed by atoms with E-state index in [1.807, 2.05) is 53.4 Å². The molecular formula is C21H22ClNO3. The number of rotatable bonds is 5. The molecule has 1 aliphatic heterocycles. The highest BCUT2D eigenvalue weighted by atomic mass is 35.5. The SMILES string of the molecule is COc1ccc(OC)c(C2CCCN2C(=O)/C=C/c2ccc(Cl)cc2)c1. The van der Waals surface area contributed by atoms with E-state index in [-0.39, 0.29) is 11.9 Å². The van der Waals surface area contributed by atoms with Gasteiger partial charge < -0.3 is 14.4 Å². The average molecular weight is 372 g/mol. The molecule has 1 aliphatic rings. The molecule has 1 fully saturated rings. The van der Waals surface area contributed by atoms with Gasteiger partial charge in [0.15, 0.2) is 0 Å². The maximum atomic E-state index is 12.8. The Hall–Kier alpha value is -2.46. The summed E-state index contributed by atoms with van der Waals surface area (Å²) in [6.45, 7) is 0.731. The summed E-state index contributed by atoms with van der Waals surface area (Å²) in [6, 6.07) is 13.1. The van der Waals surface area contributed by atoms with Crippen molar-refractivity contribution >= 4 is 23.6 Å². The number of amides is 1. The van der Waals surface area contributed by atoms with Gasteiger partial charge in [0.1, 0.15) is 11.5 Å². The van der Waals surface area contributed by atoms with Gasteiger partial charge in [0.25, 0.3) is 0 Å². The summed E-state index contributed by atoms with van der Waals surface area (Å²) in [5.41, 5.74) is 1.93. The number of hydrogen-bond acceptors (Lipinski definition) is 3. The fourth-order valence-electron chi connectivity index (χ4n) is 3.29. The summed E-state index contributed by atoms with van der Waals surface area (Å²) in [5, 5.41) is 0.679. The fraction of sp³-hybridized carbons (Fsp3) is 0.286. The van der Waals surface area contributed by atoms with E-state index >= 15 is 0 Å². The summed E-state index contributed by atoms with van der Waals surface area (Å²) in [5.74, 6) is 1.53. The number of nitrogens with zero attached hydrogens (tertiary/aromatic N) is 1. The van der Waals surface area contributed by atoms with Crippen LogP contribution in [0.3, 0.4) is 0 Å². The maximum Gasteiger partial charge on any atom is 0.247 e. The third-order valence-electron chi connectivity index (χ3n) is 4.62. The monoisotopic (exact) mass is 371 g/mol. The molecule has 1 heterocycles. The van der Waals surface area contributed by atoms with Gasteiger partial charge in [-0.2, -0.15) is 0 Å². The minimum atomic E-state index is -0.0117. The van der Waals surface area contributed by atoms with Gasteiger partial charge in [-0.25, -0.2) is 0 Å². The number of methoxy groups -OCH3 is 2. The summed E-state index contributed by atoms with van der Waals surface area (Å²) in [6.07, 6.45) is 5.31. The van der Waals surface area contributed by atoms with Gasteiger partial charge >= 0.3 is 0 Å². The largest absolute Gasteiger partial charge is 0.497 e. The van der Waals surface area contributed by atoms with Crippen LogP contribution in [0.15, 0.2) is 48.5 Å². The Labute approximate surface area is 159 Å². The van der Waals surface area contributed by atoms with E-state index in [9.17, 15) is 4.79 Å².